The Hall–Kier alpha value is -5.87. The van der Waals surface area contributed by atoms with E-state index in [4.69, 9.17) is 14.8 Å². The molecular formula is C30H25N9O6S. The van der Waals surface area contributed by atoms with Gasteiger partial charge < -0.3 is 19.9 Å². The number of fused-ring (bicyclic) bond motifs is 1. The lowest BCUT2D eigenvalue weighted by atomic mass is 10.0. The second-order valence-electron chi connectivity index (χ2n) is 10.1. The van der Waals surface area contributed by atoms with E-state index in [-0.39, 0.29) is 39.6 Å². The van der Waals surface area contributed by atoms with Crippen LogP contribution in [-0.2, 0) is 16.5 Å². The molecule has 0 fully saturated rings. The Morgan fingerprint density at radius 1 is 0.826 bits per heavy atom. The van der Waals surface area contributed by atoms with Crippen LogP contribution in [0, 0.1) is 13.8 Å². The Morgan fingerprint density at radius 3 is 1.98 bits per heavy atom. The summed E-state index contributed by atoms with van der Waals surface area (Å²) in [5, 5.41) is 36.3. The van der Waals surface area contributed by atoms with E-state index >= 15 is 0 Å². The third-order valence-corrected chi connectivity index (χ3v) is 7.78. The minimum atomic E-state index is -4.88. The van der Waals surface area contributed by atoms with Crippen molar-refractivity contribution in [3.05, 3.63) is 77.9 Å². The third-order valence-electron chi connectivity index (χ3n) is 6.91. The van der Waals surface area contributed by atoms with E-state index in [9.17, 15) is 18.1 Å². The highest BCUT2D eigenvalue weighted by atomic mass is 32.2. The maximum atomic E-state index is 12.4. The molecule has 4 N–H and O–H groups in total. The summed E-state index contributed by atoms with van der Waals surface area (Å²) in [5.41, 5.74) is 8.29. The number of nitrogen functional groups attached to an aromatic ring is 1. The van der Waals surface area contributed by atoms with Crippen LogP contribution in [0.1, 0.15) is 24.1 Å². The topological polar surface area (TPSA) is 228 Å². The molecule has 0 saturated heterocycles. The number of nitrogens with zero attached hydrogens (tertiary/aromatic N) is 8. The Morgan fingerprint density at radius 2 is 1.41 bits per heavy atom. The highest BCUT2D eigenvalue weighted by Crippen LogP contribution is 2.47. The first-order valence-corrected chi connectivity index (χ1v) is 15.2. The average molecular weight is 640 g/mol. The summed E-state index contributed by atoms with van der Waals surface area (Å²) >= 11 is 0. The lowest BCUT2D eigenvalue weighted by Crippen LogP contribution is -2.00. The number of benzene rings is 4. The van der Waals surface area contributed by atoms with Crippen LogP contribution in [0.4, 0.5) is 28.4 Å². The molecule has 0 spiro atoms. The highest BCUT2D eigenvalue weighted by Gasteiger charge is 2.25. The third kappa shape index (κ3) is 5.69. The van der Waals surface area contributed by atoms with Crippen molar-refractivity contribution in [2.45, 2.75) is 32.1 Å². The predicted octanol–water partition coefficient (Wildman–Crippen LogP) is 7.48. The molecule has 4 aromatic carbocycles. The first kappa shape index (κ1) is 30.2. The van der Waals surface area contributed by atoms with Crippen molar-refractivity contribution < 1.29 is 27.1 Å². The van der Waals surface area contributed by atoms with Gasteiger partial charge in [-0.15, -0.1) is 20.5 Å². The number of rotatable bonds is 8. The lowest BCUT2D eigenvalue weighted by molar-refractivity contribution is 0.423. The fourth-order valence-corrected chi connectivity index (χ4v) is 5.37. The molecule has 0 aliphatic carbocycles. The second-order valence-corrected chi connectivity index (χ2v) is 11.4. The Kier molecular flexibility index (Phi) is 7.81. The molecule has 0 aliphatic rings. The zero-order chi connectivity index (χ0) is 32.6. The molecule has 0 unspecified atom stereocenters. The lowest BCUT2D eigenvalue weighted by Gasteiger charge is -2.13. The Bertz CT molecular complexity index is 2290. The van der Waals surface area contributed by atoms with Crippen LogP contribution in [0.5, 0.6) is 5.75 Å². The van der Waals surface area contributed by atoms with Gasteiger partial charge in [0.05, 0.1) is 33.6 Å². The number of hydrogen-bond donors (Lipinski definition) is 3. The minimum absolute atomic E-state index is 0.0140. The zero-order valence-electron chi connectivity index (χ0n) is 24.6. The van der Waals surface area contributed by atoms with Crippen molar-refractivity contribution in [2.75, 3.05) is 5.73 Å². The van der Waals surface area contributed by atoms with Crippen molar-refractivity contribution in [3.8, 4) is 28.7 Å². The standard InChI is InChI=1S/C30H25N9O6S/c1-4-23-33-30(45-39-23)19-10-6-8-12-21(19)34-36-26-15(2)13-17-14-22(46(41,42)43)27(28(40)24(17)25(26)31)37-35-20-11-7-5-9-18(20)29-32-16(3)38-44-29/h5-14,40H,4,31H2,1-3H3,(H,41,42,43). The maximum Gasteiger partial charge on any atom is 0.296 e. The van der Waals surface area contributed by atoms with Crippen LogP contribution >= 0.6 is 0 Å². The summed E-state index contributed by atoms with van der Waals surface area (Å²) in [6, 6.07) is 16.4. The first-order chi connectivity index (χ1) is 22.0. The summed E-state index contributed by atoms with van der Waals surface area (Å²) in [7, 11) is -4.88. The van der Waals surface area contributed by atoms with Gasteiger partial charge in [0.15, 0.2) is 17.4 Å². The van der Waals surface area contributed by atoms with Gasteiger partial charge in [0, 0.05) is 6.42 Å². The summed E-state index contributed by atoms with van der Waals surface area (Å²) in [4.78, 5) is 7.88. The van der Waals surface area contributed by atoms with E-state index in [1.54, 1.807) is 68.4 Å². The number of anilines is 1. The number of phenols is 1. The largest absolute Gasteiger partial charge is 0.505 e. The van der Waals surface area contributed by atoms with Gasteiger partial charge in [-0.3, -0.25) is 4.55 Å². The van der Waals surface area contributed by atoms with E-state index in [2.05, 4.69) is 40.7 Å². The maximum absolute atomic E-state index is 12.4. The molecule has 0 atom stereocenters. The average Bonchev–Trinajstić information content (AvgIpc) is 3.69. The van der Waals surface area contributed by atoms with Crippen LogP contribution in [0.3, 0.4) is 0 Å². The minimum Gasteiger partial charge on any atom is -0.505 e. The quantitative estimate of drug-likeness (QED) is 0.0839. The van der Waals surface area contributed by atoms with Gasteiger partial charge in [-0.25, -0.2) is 0 Å². The van der Waals surface area contributed by atoms with Crippen LogP contribution < -0.4 is 5.73 Å². The Balaban J connectivity index is 1.47. The molecular weight excluding hydrogens is 614 g/mol. The first-order valence-electron chi connectivity index (χ1n) is 13.8. The summed E-state index contributed by atoms with van der Waals surface area (Å²) in [5.74, 6) is 0.719. The smallest absolute Gasteiger partial charge is 0.296 e. The van der Waals surface area contributed by atoms with Crippen molar-refractivity contribution in [1.29, 1.82) is 0 Å². The molecule has 232 valence electrons. The van der Waals surface area contributed by atoms with Gasteiger partial charge in [-0.05, 0) is 61.2 Å². The van der Waals surface area contributed by atoms with Crippen LogP contribution in [0.2, 0.25) is 0 Å². The van der Waals surface area contributed by atoms with Gasteiger partial charge in [0.1, 0.15) is 16.3 Å². The van der Waals surface area contributed by atoms with Gasteiger partial charge in [-0.1, -0.05) is 41.5 Å². The van der Waals surface area contributed by atoms with Gasteiger partial charge >= 0.3 is 0 Å². The number of aromatic nitrogens is 4. The fraction of sp³-hybridized carbons (Fsp3) is 0.133. The molecule has 2 heterocycles. The van der Waals surface area contributed by atoms with Crippen LogP contribution in [0.25, 0.3) is 33.7 Å². The summed E-state index contributed by atoms with van der Waals surface area (Å²) in [6.45, 7) is 5.25. The van der Waals surface area contributed by atoms with Crippen LogP contribution in [-0.4, -0.2) is 38.4 Å². The van der Waals surface area contributed by atoms with E-state index in [0.29, 0.717) is 40.4 Å². The van der Waals surface area contributed by atoms with Crippen molar-refractivity contribution in [1.82, 2.24) is 20.3 Å². The van der Waals surface area contributed by atoms with E-state index < -0.39 is 26.5 Å². The molecule has 0 radical (unpaired) electrons. The van der Waals surface area contributed by atoms with Gasteiger partial charge in [0.25, 0.3) is 21.9 Å². The van der Waals surface area contributed by atoms with Crippen molar-refractivity contribution in [2.24, 2.45) is 20.5 Å². The molecule has 0 aliphatic heterocycles. The molecule has 0 bridgehead atoms. The van der Waals surface area contributed by atoms with E-state index in [0.717, 1.165) is 6.07 Å². The molecule has 0 amide bonds. The molecule has 46 heavy (non-hydrogen) atoms. The Labute approximate surface area is 261 Å². The predicted molar refractivity (Wildman–Crippen MR) is 167 cm³/mol. The molecule has 15 nitrogen and oxygen atoms in total. The SMILES string of the molecule is CCc1noc(-c2ccccc2N=Nc2c(C)cc3cc(S(=O)(=O)O)c(N=Nc4ccccc4-c4nc(C)no4)c(O)c3c2N)n1. The monoisotopic (exact) mass is 639 g/mol. The number of aromatic hydroxyl groups is 1. The zero-order valence-corrected chi connectivity index (χ0v) is 25.4. The fourth-order valence-electron chi connectivity index (χ4n) is 4.71. The van der Waals surface area contributed by atoms with Crippen molar-refractivity contribution in [3.63, 3.8) is 0 Å². The second kappa shape index (κ2) is 11.9. The number of phenolic OH excluding ortho intramolecular Hbond substituents is 1. The molecule has 0 saturated carbocycles. The van der Waals surface area contributed by atoms with Gasteiger partial charge in [-0.2, -0.15) is 18.4 Å². The van der Waals surface area contributed by atoms with Crippen molar-refractivity contribution >= 4 is 49.3 Å². The molecule has 6 aromatic rings. The number of aryl methyl sites for hydroxylation is 3. The van der Waals surface area contributed by atoms with E-state index in [1.807, 2.05) is 6.92 Å². The molecule has 16 heteroatoms. The summed E-state index contributed by atoms with van der Waals surface area (Å²) in [6.07, 6.45) is 0.592. The normalized spacial score (nSPS) is 12.2. The number of nitrogens with two attached hydrogens (primary N) is 1. The number of azo groups is 2. The highest BCUT2D eigenvalue weighted by molar-refractivity contribution is 7.86. The summed E-state index contributed by atoms with van der Waals surface area (Å²) < 4.78 is 45.6. The molecule has 6 rings (SSSR count). The van der Waals surface area contributed by atoms with E-state index in [1.165, 1.54) is 0 Å². The number of hydrogen-bond acceptors (Lipinski definition) is 14. The van der Waals surface area contributed by atoms with Gasteiger partial charge in [0.2, 0.25) is 0 Å². The molecule has 2 aromatic heterocycles. The van der Waals surface area contributed by atoms with Crippen LogP contribution in [0.15, 0.2) is 95.1 Å².